The monoisotopic (exact) mass is 388 g/mol. The average molecular weight is 389 g/mol. The molecule has 1 aromatic heterocycles. The van der Waals surface area contributed by atoms with Gasteiger partial charge in [0.25, 0.3) is 0 Å². The highest BCUT2D eigenvalue weighted by atomic mass is 35.5. The van der Waals surface area contributed by atoms with Gasteiger partial charge < -0.3 is 4.57 Å². The van der Waals surface area contributed by atoms with Crippen LogP contribution < -0.4 is 5.43 Å². The lowest BCUT2D eigenvalue weighted by Gasteiger charge is -2.17. The van der Waals surface area contributed by atoms with E-state index in [0.717, 1.165) is 6.07 Å². The van der Waals surface area contributed by atoms with E-state index in [2.05, 4.69) is 6.07 Å². The van der Waals surface area contributed by atoms with Crippen molar-refractivity contribution in [2.75, 3.05) is 0 Å². The van der Waals surface area contributed by atoms with Crippen molar-refractivity contribution < 1.29 is 13.2 Å². The Morgan fingerprint density at radius 3 is 2.52 bits per heavy atom. The van der Waals surface area contributed by atoms with Crippen LogP contribution in [0, 0.1) is 11.3 Å². The number of aromatic nitrogens is 1. The molecule has 0 unspecified atom stereocenters. The molecule has 0 saturated carbocycles. The summed E-state index contributed by atoms with van der Waals surface area (Å²) in [5.74, 6) is 0. The highest BCUT2D eigenvalue weighted by Gasteiger charge is 2.34. The van der Waals surface area contributed by atoms with Crippen LogP contribution in [0.25, 0.3) is 11.3 Å². The minimum Gasteiger partial charge on any atom is -0.343 e. The first-order valence-electron chi connectivity index (χ1n) is 7.86. The van der Waals surface area contributed by atoms with E-state index in [0.29, 0.717) is 11.1 Å². The molecule has 0 saturated heterocycles. The third kappa shape index (κ3) is 3.88. The Morgan fingerprint density at radius 2 is 1.81 bits per heavy atom. The van der Waals surface area contributed by atoms with Gasteiger partial charge in [-0.05, 0) is 17.7 Å². The van der Waals surface area contributed by atoms with Crippen LogP contribution >= 0.6 is 11.6 Å². The van der Waals surface area contributed by atoms with Crippen LogP contribution in [0.2, 0.25) is 5.02 Å². The van der Waals surface area contributed by atoms with Gasteiger partial charge >= 0.3 is 6.18 Å². The van der Waals surface area contributed by atoms with Crippen LogP contribution in [-0.2, 0) is 12.7 Å². The lowest BCUT2D eigenvalue weighted by molar-refractivity contribution is -0.137. The van der Waals surface area contributed by atoms with Gasteiger partial charge in [0, 0.05) is 30.4 Å². The Morgan fingerprint density at radius 1 is 1.07 bits per heavy atom. The van der Waals surface area contributed by atoms with Crippen molar-refractivity contribution >= 4 is 11.6 Å². The fourth-order valence-corrected chi connectivity index (χ4v) is 3.11. The largest absolute Gasteiger partial charge is 0.417 e. The van der Waals surface area contributed by atoms with Crippen molar-refractivity contribution in [3.8, 4) is 17.3 Å². The first kappa shape index (κ1) is 18.7. The molecule has 3 nitrogen and oxygen atoms in total. The van der Waals surface area contributed by atoms with Crippen LogP contribution in [0.15, 0.2) is 65.6 Å². The summed E-state index contributed by atoms with van der Waals surface area (Å²) in [7, 11) is 0. The number of hydrogen-bond donors (Lipinski definition) is 0. The zero-order chi connectivity index (χ0) is 19.6. The zero-order valence-corrected chi connectivity index (χ0v) is 14.6. The van der Waals surface area contributed by atoms with Crippen LogP contribution in [0.5, 0.6) is 0 Å². The number of benzene rings is 2. The molecule has 0 aliphatic carbocycles. The minimum absolute atomic E-state index is 0.0960. The van der Waals surface area contributed by atoms with Gasteiger partial charge in [0.2, 0.25) is 0 Å². The first-order valence-corrected chi connectivity index (χ1v) is 8.23. The second-order valence-corrected chi connectivity index (χ2v) is 6.19. The van der Waals surface area contributed by atoms with E-state index in [1.54, 1.807) is 28.8 Å². The Hall–Kier alpha value is -3.04. The quantitative estimate of drug-likeness (QED) is 0.626. The van der Waals surface area contributed by atoms with Crippen LogP contribution in [0.1, 0.15) is 16.7 Å². The molecule has 0 bridgehead atoms. The van der Waals surface area contributed by atoms with Crippen molar-refractivity contribution in [1.82, 2.24) is 4.57 Å². The minimum atomic E-state index is -4.61. The summed E-state index contributed by atoms with van der Waals surface area (Å²) in [6.45, 7) is 0.200. The summed E-state index contributed by atoms with van der Waals surface area (Å²) in [6, 6.07) is 15.1. The predicted molar refractivity (Wildman–Crippen MR) is 96.4 cm³/mol. The number of rotatable bonds is 3. The molecule has 7 heteroatoms. The van der Waals surface area contributed by atoms with Crippen molar-refractivity contribution in [1.29, 1.82) is 5.26 Å². The van der Waals surface area contributed by atoms with Crippen molar-refractivity contribution in [3.63, 3.8) is 0 Å². The third-order valence-electron chi connectivity index (χ3n) is 4.07. The lowest BCUT2D eigenvalue weighted by atomic mass is 10.0. The van der Waals surface area contributed by atoms with E-state index >= 15 is 0 Å². The van der Waals surface area contributed by atoms with E-state index in [9.17, 15) is 23.2 Å². The van der Waals surface area contributed by atoms with E-state index < -0.39 is 16.8 Å². The van der Waals surface area contributed by atoms with Gasteiger partial charge in [0.1, 0.15) is 0 Å². The average Bonchev–Trinajstić information content (AvgIpc) is 2.63. The maximum Gasteiger partial charge on any atom is 0.417 e. The summed E-state index contributed by atoms with van der Waals surface area (Å²) in [5.41, 5.74) is 0.125. The molecule has 0 N–H and O–H groups in total. The van der Waals surface area contributed by atoms with Gasteiger partial charge in [0.05, 0.1) is 27.9 Å². The van der Waals surface area contributed by atoms with Gasteiger partial charge in [-0.2, -0.15) is 18.4 Å². The van der Waals surface area contributed by atoms with Crippen LogP contribution in [0.4, 0.5) is 13.2 Å². The van der Waals surface area contributed by atoms with Gasteiger partial charge in [-0.1, -0.05) is 41.9 Å². The summed E-state index contributed by atoms with van der Waals surface area (Å²) < 4.78 is 41.1. The Balaban J connectivity index is 2.17. The molecule has 1 heterocycles. The molecule has 2 aromatic carbocycles. The number of hydrogen-bond acceptors (Lipinski definition) is 2. The van der Waals surface area contributed by atoms with E-state index in [4.69, 9.17) is 11.6 Å². The number of halogens is 4. The van der Waals surface area contributed by atoms with Gasteiger partial charge in [-0.25, -0.2) is 0 Å². The van der Waals surface area contributed by atoms with Crippen molar-refractivity contribution in [2.45, 2.75) is 12.7 Å². The highest BCUT2D eigenvalue weighted by molar-refractivity contribution is 6.34. The third-order valence-corrected chi connectivity index (χ3v) is 4.47. The predicted octanol–water partition coefficient (Wildman–Crippen LogP) is 5.11. The second kappa shape index (κ2) is 7.29. The number of nitrogens with zero attached hydrogens (tertiary/aromatic N) is 2. The standard InChI is InChI=1S/C20H12ClF3N2O/c21-19-16(6-3-7-17(19)20(22,23)24)18-10-15(27)8-9-26(18)12-14-5-2-1-4-13(14)11-25/h1-10H,12H2. The normalized spacial score (nSPS) is 11.2. The molecule has 0 radical (unpaired) electrons. The molecule has 0 fully saturated rings. The van der Waals surface area contributed by atoms with Gasteiger partial charge in [-0.15, -0.1) is 0 Å². The SMILES string of the molecule is N#Cc1ccccc1Cn1ccc(=O)cc1-c1cccc(C(F)(F)F)c1Cl. The van der Waals surface area contributed by atoms with Crippen LogP contribution in [0.3, 0.4) is 0 Å². The molecule has 0 spiro atoms. The lowest BCUT2D eigenvalue weighted by Crippen LogP contribution is -2.12. The molecule has 0 aliphatic heterocycles. The summed E-state index contributed by atoms with van der Waals surface area (Å²) in [4.78, 5) is 11.9. The van der Waals surface area contributed by atoms with E-state index in [1.807, 2.05) is 0 Å². The maximum absolute atomic E-state index is 13.2. The topological polar surface area (TPSA) is 45.8 Å². The first-order chi connectivity index (χ1) is 12.8. The van der Waals surface area contributed by atoms with E-state index in [-0.39, 0.29) is 23.2 Å². The molecule has 136 valence electrons. The Bertz CT molecular complexity index is 1100. The fraction of sp³-hybridized carbons (Fsp3) is 0.100. The Kier molecular flexibility index (Phi) is 5.06. The molecule has 0 aliphatic rings. The summed E-state index contributed by atoms with van der Waals surface area (Å²) >= 11 is 6.03. The second-order valence-electron chi connectivity index (χ2n) is 5.81. The van der Waals surface area contributed by atoms with Gasteiger partial charge in [-0.3, -0.25) is 4.79 Å². The molecule has 3 aromatic rings. The van der Waals surface area contributed by atoms with Crippen molar-refractivity contribution in [2.24, 2.45) is 0 Å². The summed E-state index contributed by atoms with van der Waals surface area (Å²) in [6.07, 6.45) is -3.14. The molecule has 0 atom stereocenters. The molecule has 3 rings (SSSR count). The number of alkyl halides is 3. The fourth-order valence-electron chi connectivity index (χ4n) is 2.78. The highest BCUT2D eigenvalue weighted by Crippen LogP contribution is 2.39. The maximum atomic E-state index is 13.2. The molecule has 0 amide bonds. The molecular formula is C20H12ClF3N2O. The van der Waals surface area contributed by atoms with Gasteiger partial charge in [0.15, 0.2) is 5.43 Å². The van der Waals surface area contributed by atoms with Crippen molar-refractivity contribution in [3.05, 3.63) is 92.7 Å². The zero-order valence-electron chi connectivity index (χ0n) is 13.8. The van der Waals surface area contributed by atoms with E-state index in [1.165, 1.54) is 30.5 Å². The van der Waals surface area contributed by atoms with Crippen LogP contribution in [-0.4, -0.2) is 4.57 Å². The molecular weight excluding hydrogens is 377 g/mol. The summed E-state index contributed by atoms with van der Waals surface area (Å²) in [5, 5.41) is 8.77. The number of nitriles is 1. The number of pyridine rings is 1. The Labute approximate surface area is 157 Å². The smallest absolute Gasteiger partial charge is 0.343 e. The molecule has 27 heavy (non-hydrogen) atoms.